The standard InChI is InChI=1S/C16H25NO2/c1-5-13-6-8-14(9-7-13)10-11-17(4)16(2,3)12-15(18)19/h6-9H,5,10-12H2,1-4H3,(H,18,19). The van der Waals surface area contributed by atoms with Crippen LogP contribution in [0, 0.1) is 0 Å². The number of hydrogen-bond donors (Lipinski definition) is 1. The van der Waals surface area contributed by atoms with Crippen molar-refractivity contribution in [3.63, 3.8) is 0 Å². The quantitative estimate of drug-likeness (QED) is 0.822. The molecule has 1 rings (SSSR count). The number of hydrogen-bond acceptors (Lipinski definition) is 2. The van der Waals surface area contributed by atoms with Gasteiger partial charge in [-0.2, -0.15) is 0 Å². The van der Waals surface area contributed by atoms with Gasteiger partial charge in [0.15, 0.2) is 0 Å². The number of benzene rings is 1. The van der Waals surface area contributed by atoms with E-state index in [2.05, 4.69) is 36.1 Å². The van der Waals surface area contributed by atoms with Crippen molar-refractivity contribution in [2.75, 3.05) is 13.6 Å². The topological polar surface area (TPSA) is 40.5 Å². The summed E-state index contributed by atoms with van der Waals surface area (Å²) >= 11 is 0. The van der Waals surface area contributed by atoms with Gasteiger partial charge in [0.1, 0.15) is 0 Å². The van der Waals surface area contributed by atoms with Gasteiger partial charge in [-0.1, -0.05) is 31.2 Å². The average molecular weight is 263 g/mol. The molecular formula is C16H25NO2. The predicted molar refractivity (Wildman–Crippen MR) is 78.5 cm³/mol. The van der Waals surface area contributed by atoms with Gasteiger partial charge in [0.05, 0.1) is 6.42 Å². The second-order valence-corrected chi connectivity index (χ2v) is 5.72. The molecule has 0 aliphatic heterocycles. The Kier molecular flexibility index (Phi) is 5.55. The molecule has 0 amide bonds. The van der Waals surface area contributed by atoms with Gasteiger partial charge in [0.2, 0.25) is 0 Å². The van der Waals surface area contributed by atoms with Crippen molar-refractivity contribution in [1.82, 2.24) is 4.90 Å². The number of likely N-dealkylation sites (N-methyl/N-ethyl adjacent to an activating group) is 1. The number of carbonyl (C=O) groups is 1. The molecule has 0 aliphatic carbocycles. The molecular weight excluding hydrogens is 238 g/mol. The third-order valence-corrected chi connectivity index (χ3v) is 3.78. The lowest BCUT2D eigenvalue weighted by molar-refractivity contribution is -0.139. The Morgan fingerprint density at radius 3 is 2.21 bits per heavy atom. The van der Waals surface area contributed by atoms with Crippen LogP contribution in [-0.2, 0) is 17.6 Å². The Morgan fingerprint density at radius 2 is 1.74 bits per heavy atom. The zero-order chi connectivity index (χ0) is 14.5. The third-order valence-electron chi connectivity index (χ3n) is 3.78. The first-order valence-corrected chi connectivity index (χ1v) is 6.86. The molecule has 0 saturated carbocycles. The molecule has 0 atom stereocenters. The van der Waals surface area contributed by atoms with Gasteiger partial charge in [0, 0.05) is 12.1 Å². The van der Waals surface area contributed by atoms with E-state index < -0.39 is 5.97 Å². The first-order valence-electron chi connectivity index (χ1n) is 6.86. The van der Waals surface area contributed by atoms with Gasteiger partial charge < -0.3 is 10.0 Å². The van der Waals surface area contributed by atoms with Crippen molar-refractivity contribution in [3.8, 4) is 0 Å². The van der Waals surface area contributed by atoms with Gasteiger partial charge in [-0.05, 0) is 44.9 Å². The van der Waals surface area contributed by atoms with Crippen LogP contribution in [0.4, 0.5) is 0 Å². The summed E-state index contributed by atoms with van der Waals surface area (Å²) < 4.78 is 0. The molecule has 1 aromatic rings. The van der Waals surface area contributed by atoms with Crippen molar-refractivity contribution < 1.29 is 9.90 Å². The van der Waals surface area contributed by atoms with E-state index in [0.29, 0.717) is 0 Å². The molecule has 0 unspecified atom stereocenters. The molecule has 106 valence electrons. The maximum atomic E-state index is 10.8. The van der Waals surface area contributed by atoms with Crippen LogP contribution in [0.5, 0.6) is 0 Å². The molecule has 0 aliphatic rings. The highest BCUT2D eigenvalue weighted by Crippen LogP contribution is 2.17. The van der Waals surface area contributed by atoms with Crippen LogP contribution in [0.25, 0.3) is 0 Å². The van der Waals surface area contributed by atoms with Crippen molar-refractivity contribution in [3.05, 3.63) is 35.4 Å². The fourth-order valence-corrected chi connectivity index (χ4v) is 2.05. The van der Waals surface area contributed by atoms with Crippen LogP contribution in [0.15, 0.2) is 24.3 Å². The van der Waals surface area contributed by atoms with Crippen LogP contribution < -0.4 is 0 Å². The molecule has 0 bridgehead atoms. The number of nitrogens with zero attached hydrogens (tertiary/aromatic N) is 1. The van der Waals surface area contributed by atoms with E-state index in [1.807, 2.05) is 20.9 Å². The first kappa shape index (κ1) is 15.7. The van der Waals surface area contributed by atoms with Crippen molar-refractivity contribution in [2.24, 2.45) is 0 Å². The summed E-state index contributed by atoms with van der Waals surface area (Å²) in [7, 11) is 1.99. The Labute approximate surface area is 116 Å². The number of carboxylic acid groups (broad SMARTS) is 1. The summed E-state index contributed by atoms with van der Waals surface area (Å²) in [4.78, 5) is 13.0. The summed E-state index contributed by atoms with van der Waals surface area (Å²) in [5.74, 6) is -0.746. The normalized spacial score (nSPS) is 11.8. The molecule has 1 aromatic carbocycles. The minimum atomic E-state index is -0.746. The third kappa shape index (κ3) is 5.03. The van der Waals surface area contributed by atoms with Gasteiger partial charge in [-0.15, -0.1) is 0 Å². The summed E-state index contributed by atoms with van der Waals surface area (Å²) in [6, 6.07) is 8.66. The lowest BCUT2D eigenvalue weighted by atomic mass is 9.98. The minimum Gasteiger partial charge on any atom is -0.481 e. The number of aliphatic carboxylic acids is 1. The van der Waals surface area contributed by atoms with Crippen molar-refractivity contribution in [2.45, 2.75) is 45.6 Å². The second kappa shape index (κ2) is 6.71. The van der Waals surface area contributed by atoms with E-state index in [9.17, 15) is 4.79 Å². The van der Waals surface area contributed by atoms with Gasteiger partial charge in [0.25, 0.3) is 0 Å². The molecule has 1 N–H and O–H groups in total. The predicted octanol–water partition coefficient (Wildman–Crippen LogP) is 2.98. The minimum absolute atomic E-state index is 0.165. The molecule has 0 fully saturated rings. The first-order chi connectivity index (χ1) is 8.85. The molecule has 19 heavy (non-hydrogen) atoms. The van der Waals surface area contributed by atoms with Crippen molar-refractivity contribution >= 4 is 5.97 Å². The highest BCUT2D eigenvalue weighted by molar-refractivity contribution is 5.68. The van der Waals surface area contributed by atoms with Crippen LogP contribution in [-0.4, -0.2) is 35.1 Å². The smallest absolute Gasteiger partial charge is 0.305 e. The van der Waals surface area contributed by atoms with E-state index in [4.69, 9.17) is 5.11 Å². The molecule has 0 heterocycles. The Balaban J connectivity index is 2.52. The molecule has 3 heteroatoms. The van der Waals surface area contributed by atoms with Gasteiger partial charge in [-0.25, -0.2) is 0 Å². The zero-order valence-electron chi connectivity index (χ0n) is 12.4. The lowest BCUT2D eigenvalue weighted by Crippen LogP contribution is -2.43. The van der Waals surface area contributed by atoms with Gasteiger partial charge >= 0.3 is 5.97 Å². The fraction of sp³-hybridized carbons (Fsp3) is 0.562. The monoisotopic (exact) mass is 263 g/mol. The number of aryl methyl sites for hydroxylation is 1. The highest BCUT2D eigenvalue weighted by Gasteiger charge is 2.26. The van der Waals surface area contributed by atoms with E-state index in [-0.39, 0.29) is 12.0 Å². The largest absolute Gasteiger partial charge is 0.481 e. The Bertz CT molecular complexity index is 409. The maximum Gasteiger partial charge on any atom is 0.305 e. The average Bonchev–Trinajstić information content (AvgIpc) is 2.35. The number of rotatable bonds is 7. The summed E-state index contributed by atoms with van der Waals surface area (Å²) in [5, 5.41) is 8.91. The van der Waals surface area contributed by atoms with E-state index in [0.717, 1.165) is 19.4 Å². The Hall–Kier alpha value is -1.35. The summed E-state index contributed by atoms with van der Waals surface area (Å²) in [5.41, 5.74) is 2.34. The van der Waals surface area contributed by atoms with Crippen LogP contribution in [0.1, 0.15) is 38.3 Å². The number of carboxylic acids is 1. The summed E-state index contributed by atoms with van der Waals surface area (Å²) in [6.45, 7) is 6.96. The van der Waals surface area contributed by atoms with Crippen LogP contribution >= 0.6 is 0 Å². The second-order valence-electron chi connectivity index (χ2n) is 5.72. The van der Waals surface area contributed by atoms with Crippen LogP contribution in [0.2, 0.25) is 0 Å². The molecule has 0 radical (unpaired) electrons. The highest BCUT2D eigenvalue weighted by atomic mass is 16.4. The van der Waals surface area contributed by atoms with Gasteiger partial charge in [-0.3, -0.25) is 4.79 Å². The zero-order valence-corrected chi connectivity index (χ0v) is 12.4. The van der Waals surface area contributed by atoms with Crippen molar-refractivity contribution in [1.29, 1.82) is 0 Å². The molecule has 0 spiro atoms. The van der Waals surface area contributed by atoms with E-state index >= 15 is 0 Å². The van der Waals surface area contributed by atoms with E-state index in [1.165, 1.54) is 11.1 Å². The lowest BCUT2D eigenvalue weighted by Gasteiger charge is -2.34. The van der Waals surface area contributed by atoms with E-state index in [1.54, 1.807) is 0 Å². The summed E-state index contributed by atoms with van der Waals surface area (Å²) in [6.07, 6.45) is 2.17. The Morgan fingerprint density at radius 1 is 1.21 bits per heavy atom. The SMILES string of the molecule is CCc1ccc(CCN(C)C(C)(C)CC(=O)O)cc1. The molecule has 0 saturated heterocycles. The molecule has 0 aromatic heterocycles. The molecule has 3 nitrogen and oxygen atoms in total. The maximum absolute atomic E-state index is 10.8. The fourth-order valence-electron chi connectivity index (χ4n) is 2.05. The van der Waals surface area contributed by atoms with Crippen LogP contribution in [0.3, 0.4) is 0 Å².